The van der Waals surface area contributed by atoms with Crippen molar-refractivity contribution < 1.29 is 38.3 Å². The lowest BCUT2D eigenvalue weighted by molar-refractivity contribution is -0.173. The molecule has 0 spiro atoms. The number of imide groups is 2. The Bertz CT molecular complexity index is 1780. The highest BCUT2D eigenvalue weighted by molar-refractivity contribution is 6.30. The first-order chi connectivity index (χ1) is 21.0. The van der Waals surface area contributed by atoms with Crippen molar-refractivity contribution in [2.24, 2.45) is 23.7 Å². The number of nitrogens with one attached hydrogen (secondary N) is 1. The van der Waals surface area contributed by atoms with E-state index in [-0.39, 0.29) is 29.2 Å². The van der Waals surface area contributed by atoms with E-state index in [0.29, 0.717) is 16.2 Å². The minimum absolute atomic E-state index is 0.0155. The van der Waals surface area contributed by atoms with Crippen LogP contribution in [0.3, 0.4) is 0 Å². The van der Waals surface area contributed by atoms with Gasteiger partial charge in [0.15, 0.2) is 11.6 Å². The highest BCUT2D eigenvalue weighted by Crippen LogP contribution is 2.64. The highest BCUT2D eigenvalue weighted by Gasteiger charge is 2.70. The number of para-hydroxylation sites is 1. The zero-order chi connectivity index (χ0) is 31.1. The van der Waals surface area contributed by atoms with Gasteiger partial charge in [-0.25, -0.2) is 8.78 Å². The van der Waals surface area contributed by atoms with Crippen LogP contribution in [0.4, 0.5) is 14.5 Å². The lowest BCUT2D eigenvalue weighted by Gasteiger charge is -2.50. The first-order valence-corrected chi connectivity index (χ1v) is 14.3. The van der Waals surface area contributed by atoms with E-state index in [1.807, 2.05) is 0 Å². The van der Waals surface area contributed by atoms with Crippen molar-refractivity contribution >= 4 is 40.9 Å². The van der Waals surface area contributed by atoms with Crippen LogP contribution in [0.15, 0.2) is 78.4 Å². The summed E-state index contributed by atoms with van der Waals surface area (Å²) in [6.45, 7) is 0. The molecule has 0 bridgehead atoms. The number of aromatic hydroxyl groups is 1. The molecular weight excluding hydrogens is 596 g/mol. The van der Waals surface area contributed by atoms with E-state index in [4.69, 9.17) is 11.6 Å². The lowest BCUT2D eigenvalue weighted by atomic mass is 9.49. The smallest absolute Gasteiger partial charge is 0.260 e. The van der Waals surface area contributed by atoms with E-state index in [2.05, 4.69) is 5.43 Å². The molecule has 1 saturated carbocycles. The summed E-state index contributed by atoms with van der Waals surface area (Å²) in [7, 11) is 0. The fourth-order valence-corrected chi connectivity index (χ4v) is 7.87. The van der Waals surface area contributed by atoms with Crippen LogP contribution < -0.4 is 5.43 Å². The molecule has 2 aliphatic carbocycles. The number of hydrogen-bond acceptors (Lipinski definition) is 7. The number of carbonyl (C=O) groups excluding carboxylic acids is 4. The van der Waals surface area contributed by atoms with Crippen molar-refractivity contribution in [3.8, 4) is 5.75 Å². The Labute approximate surface area is 254 Å². The Morgan fingerprint density at radius 2 is 1.59 bits per heavy atom. The average molecular weight is 620 g/mol. The Hall–Kier alpha value is -4.61. The van der Waals surface area contributed by atoms with E-state index >= 15 is 4.39 Å². The first kappa shape index (κ1) is 28.2. The molecule has 3 aromatic rings. The first-order valence-electron chi connectivity index (χ1n) is 14.0. The van der Waals surface area contributed by atoms with Gasteiger partial charge < -0.3 is 5.11 Å². The maximum atomic E-state index is 15.0. The average Bonchev–Trinajstić information content (AvgIpc) is 3.36. The molecule has 7 rings (SSSR count). The van der Waals surface area contributed by atoms with Crippen molar-refractivity contribution in [3.63, 3.8) is 0 Å². The van der Waals surface area contributed by atoms with E-state index in [0.717, 1.165) is 23.2 Å². The van der Waals surface area contributed by atoms with Crippen LogP contribution in [0.25, 0.3) is 0 Å². The molecule has 6 atom stereocenters. The van der Waals surface area contributed by atoms with E-state index in [1.165, 1.54) is 24.3 Å². The van der Waals surface area contributed by atoms with E-state index in [1.54, 1.807) is 30.3 Å². The number of benzene rings is 3. The van der Waals surface area contributed by atoms with Gasteiger partial charge in [0, 0.05) is 16.5 Å². The quantitative estimate of drug-likeness (QED) is 0.220. The van der Waals surface area contributed by atoms with Crippen molar-refractivity contribution in [3.05, 3.63) is 106 Å². The number of phenols is 1. The number of rotatable bonds is 4. The number of hydroxylamine groups is 2. The van der Waals surface area contributed by atoms with Crippen LogP contribution in [0.1, 0.15) is 29.9 Å². The molecule has 2 aliphatic heterocycles. The maximum Gasteiger partial charge on any atom is 0.260 e. The molecule has 224 valence electrons. The number of amides is 4. The summed E-state index contributed by atoms with van der Waals surface area (Å²) >= 11 is 6.22. The molecule has 0 aromatic heterocycles. The van der Waals surface area contributed by atoms with E-state index < -0.39 is 76.0 Å². The molecule has 6 unspecified atom stereocenters. The molecule has 2 saturated heterocycles. The third-order valence-electron chi connectivity index (χ3n) is 9.56. The van der Waals surface area contributed by atoms with Gasteiger partial charge in [-0.05, 0) is 66.8 Å². The topological polar surface area (TPSA) is 127 Å². The second-order valence-corrected chi connectivity index (χ2v) is 12.0. The third-order valence-corrected chi connectivity index (χ3v) is 9.81. The molecule has 3 aromatic carbocycles. The zero-order valence-corrected chi connectivity index (χ0v) is 23.5. The fourth-order valence-electron chi connectivity index (χ4n) is 7.75. The zero-order valence-electron chi connectivity index (χ0n) is 22.8. The summed E-state index contributed by atoms with van der Waals surface area (Å²) < 4.78 is 28.7. The molecule has 4 amide bonds. The van der Waals surface area contributed by atoms with Gasteiger partial charge in [0.2, 0.25) is 0 Å². The molecular formula is C32H24ClF2N3O6. The summed E-state index contributed by atoms with van der Waals surface area (Å²) in [6.07, 6.45) is 1.68. The number of hydrazine groups is 1. The Balaban J connectivity index is 1.49. The van der Waals surface area contributed by atoms with Crippen molar-refractivity contribution in [2.75, 3.05) is 5.43 Å². The standard InChI is InChI=1S/C32H24ClF2N3O6/c33-16-6-4-15(5-7-16)32-23(29(41)37(31(32)43)36-18-10-8-17(34)9-11-18)14-22-19(26(32)21-2-1-3-24(35)27(21)39)12-13-20-25(22)30(42)38(44)28(20)40/h1-12,20,22-23,25-26,36,39,44H,13-14H2. The molecule has 3 fully saturated rings. The number of anilines is 1. The van der Waals surface area contributed by atoms with Crippen molar-refractivity contribution in [1.82, 2.24) is 10.1 Å². The number of halogens is 3. The summed E-state index contributed by atoms with van der Waals surface area (Å²) in [6, 6.07) is 15.2. The predicted molar refractivity (Wildman–Crippen MR) is 151 cm³/mol. The fraction of sp³-hybridized carbons (Fsp3) is 0.250. The van der Waals surface area contributed by atoms with Crippen molar-refractivity contribution in [1.29, 1.82) is 0 Å². The highest BCUT2D eigenvalue weighted by atomic mass is 35.5. The predicted octanol–water partition coefficient (Wildman–Crippen LogP) is 4.70. The van der Waals surface area contributed by atoms with Gasteiger partial charge in [0.1, 0.15) is 5.82 Å². The minimum Gasteiger partial charge on any atom is -0.505 e. The van der Waals surface area contributed by atoms with Crippen LogP contribution in [0.5, 0.6) is 5.75 Å². The summed E-state index contributed by atoms with van der Waals surface area (Å²) in [5, 5.41) is 22.7. The van der Waals surface area contributed by atoms with Gasteiger partial charge in [0.25, 0.3) is 23.6 Å². The van der Waals surface area contributed by atoms with Crippen LogP contribution in [-0.2, 0) is 24.6 Å². The number of allylic oxidation sites excluding steroid dienone is 2. The van der Waals surface area contributed by atoms with E-state index in [9.17, 15) is 33.9 Å². The van der Waals surface area contributed by atoms with Crippen LogP contribution in [0.2, 0.25) is 5.02 Å². The minimum atomic E-state index is -1.76. The van der Waals surface area contributed by atoms with Gasteiger partial charge in [0.05, 0.1) is 28.9 Å². The van der Waals surface area contributed by atoms with Crippen LogP contribution >= 0.6 is 11.6 Å². The second-order valence-electron chi connectivity index (χ2n) is 11.5. The molecule has 12 heteroatoms. The Kier molecular flexibility index (Phi) is 6.38. The van der Waals surface area contributed by atoms with Gasteiger partial charge in [-0.2, -0.15) is 10.1 Å². The van der Waals surface area contributed by atoms with Gasteiger partial charge in [-0.15, -0.1) is 0 Å². The van der Waals surface area contributed by atoms with Crippen LogP contribution in [0, 0.1) is 35.3 Å². The summed E-state index contributed by atoms with van der Waals surface area (Å²) in [5.74, 6) is -10.2. The number of nitrogens with zero attached hydrogens (tertiary/aromatic N) is 2. The Morgan fingerprint density at radius 1 is 0.886 bits per heavy atom. The molecule has 44 heavy (non-hydrogen) atoms. The summed E-state index contributed by atoms with van der Waals surface area (Å²) in [5.41, 5.74) is 2.12. The number of carbonyl (C=O) groups is 4. The molecule has 0 radical (unpaired) electrons. The van der Waals surface area contributed by atoms with Gasteiger partial charge >= 0.3 is 0 Å². The SMILES string of the molecule is O=C1C2CC=C3C(CC4C(=O)N(Nc5ccc(F)cc5)C(=O)C4(c4ccc(Cl)cc4)C3c3cccc(F)c3O)C2C(=O)N1O. The number of fused-ring (bicyclic) bond motifs is 4. The van der Waals surface area contributed by atoms with Gasteiger partial charge in [-0.3, -0.25) is 29.8 Å². The normalized spacial score (nSPS) is 29.4. The van der Waals surface area contributed by atoms with Crippen molar-refractivity contribution in [2.45, 2.75) is 24.2 Å². The van der Waals surface area contributed by atoms with Gasteiger partial charge in [-0.1, -0.05) is 47.5 Å². The lowest BCUT2D eigenvalue weighted by Crippen LogP contribution is -2.53. The molecule has 9 nitrogen and oxygen atoms in total. The maximum absolute atomic E-state index is 15.0. The summed E-state index contributed by atoms with van der Waals surface area (Å²) in [4.78, 5) is 55.2. The second kappa shape index (κ2) is 9.96. The molecule has 2 heterocycles. The number of hydrogen-bond donors (Lipinski definition) is 3. The Morgan fingerprint density at radius 3 is 2.30 bits per heavy atom. The number of phenolic OH excluding ortho intramolecular Hbond substituents is 1. The third kappa shape index (κ3) is 3.78. The largest absolute Gasteiger partial charge is 0.505 e. The molecule has 4 aliphatic rings. The monoisotopic (exact) mass is 619 g/mol. The molecule has 3 N–H and O–H groups in total. The van der Waals surface area contributed by atoms with Crippen LogP contribution in [-0.4, -0.2) is 44.0 Å².